The van der Waals surface area contributed by atoms with E-state index >= 15 is 0 Å². The minimum atomic E-state index is -0.403. The van der Waals surface area contributed by atoms with E-state index in [1.807, 2.05) is 24.4 Å². The number of hydrogen-bond donors (Lipinski definition) is 2. The molecule has 2 heterocycles. The molecule has 0 fully saturated rings. The first kappa shape index (κ1) is 20.3. The van der Waals surface area contributed by atoms with Crippen LogP contribution in [0.2, 0.25) is 0 Å². The third kappa shape index (κ3) is 4.93. The smallest absolute Gasteiger partial charge is 0.248 e. The van der Waals surface area contributed by atoms with Crippen LogP contribution in [0.3, 0.4) is 0 Å². The van der Waals surface area contributed by atoms with Gasteiger partial charge in [-0.2, -0.15) is 0 Å². The van der Waals surface area contributed by atoms with Gasteiger partial charge in [0.25, 0.3) is 0 Å². The number of pyridine rings is 1. The molecule has 0 aliphatic heterocycles. The SMILES string of the molecule is NC(=O)c1ccc(CN(CCNCc2ncco2)C2CCCc3cccnc32)cc1. The second-order valence-electron chi connectivity index (χ2n) is 7.59. The van der Waals surface area contributed by atoms with Crippen molar-refractivity contribution in [2.75, 3.05) is 13.1 Å². The van der Waals surface area contributed by atoms with Crippen LogP contribution in [-0.4, -0.2) is 33.9 Å². The molecule has 0 spiro atoms. The molecule has 4 rings (SSSR count). The molecule has 156 valence electrons. The third-order valence-electron chi connectivity index (χ3n) is 5.57. The van der Waals surface area contributed by atoms with Crippen molar-refractivity contribution in [3.05, 3.63) is 83.3 Å². The Bertz CT molecular complexity index is 956. The topological polar surface area (TPSA) is 97.3 Å². The van der Waals surface area contributed by atoms with Crippen LogP contribution in [0.4, 0.5) is 0 Å². The second-order valence-corrected chi connectivity index (χ2v) is 7.59. The molecule has 1 amide bonds. The van der Waals surface area contributed by atoms with E-state index < -0.39 is 5.91 Å². The first-order chi connectivity index (χ1) is 14.7. The van der Waals surface area contributed by atoms with E-state index in [1.165, 1.54) is 11.3 Å². The van der Waals surface area contributed by atoms with E-state index in [9.17, 15) is 4.79 Å². The monoisotopic (exact) mass is 405 g/mol. The summed E-state index contributed by atoms with van der Waals surface area (Å²) in [5.41, 5.74) is 9.59. The molecule has 3 N–H and O–H groups in total. The zero-order valence-electron chi connectivity index (χ0n) is 17.0. The lowest BCUT2D eigenvalue weighted by atomic mass is 9.90. The number of aryl methyl sites for hydroxylation is 1. The quantitative estimate of drug-likeness (QED) is 0.531. The Labute approximate surface area is 176 Å². The highest BCUT2D eigenvalue weighted by molar-refractivity contribution is 5.92. The van der Waals surface area contributed by atoms with Crippen molar-refractivity contribution < 1.29 is 9.21 Å². The highest BCUT2D eigenvalue weighted by Gasteiger charge is 2.27. The summed E-state index contributed by atoms with van der Waals surface area (Å²) in [7, 11) is 0. The predicted molar refractivity (Wildman–Crippen MR) is 113 cm³/mol. The molecular weight excluding hydrogens is 378 g/mol. The van der Waals surface area contributed by atoms with Gasteiger partial charge < -0.3 is 15.5 Å². The highest BCUT2D eigenvalue weighted by atomic mass is 16.3. The van der Waals surface area contributed by atoms with E-state index in [0.29, 0.717) is 18.0 Å². The average molecular weight is 406 g/mol. The number of carbonyl (C=O) groups excluding carboxylic acids is 1. The van der Waals surface area contributed by atoms with Crippen LogP contribution in [0, 0.1) is 0 Å². The number of nitrogens with one attached hydrogen (secondary N) is 1. The molecule has 1 aromatic carbocycles. The molecule has 30 heavy (non-hydrogen) atoms. The molecule has 7 heteroatoms. The molecule has 1 unspecified atom stereocenters. The van der Waals surface area contributed by atoms with Gasteiger partial charge in [0.15, 0.2) is 0 Å². The highest BCUT2D eigenvalue weighted by Crippen LogP contribution is 2.33. The lowest BCUT2D eigenvalue weighted by Gasteiger charge is -2.35. The maximum absolute atomic E-state index is 11.4. The van der Waals surface area contributed by atoms with Gasteiger partial charge in [-0.25, -0.2) is 4.98 Å². The minimum absolute atomic E-state index is 0.273. The Balaban J connectivity index is 1.48. The van der Waals surface area contributed by atoms with Crippen molar-refractivity contribution in [3.8, 4) is 0 Å². The predicted octanol–water partition coefficient (Wildman–Crippen LogP) is 2.84. The summed E-state index contributed by atoms with van der Waals surface area (Å²) in [5, 5.41) is 3.41. The largest absolute Gasteiger partial charge is 0.448 e. The van der Waals surface area contributed by atoms with Gasteiger partial charge in [0.1, 0.15) is 6.26 Å². The van der Waals surface area contributed by atoms with Gasteiger partial charge in [0.2, 0.25) is 11.8 Å². The second kappa shape index (κ2) is 9.65. The Hall–Kier alpha value is -3.03. The third-order valence-corrected chi connectivity index (χ3v) is 5.57. The van der Waals surface area contributed by atoms with Gasteiger partial charge in [0.05, 0.1) is 24.5 Å². The fraction of sp³-hybridized carbons (Fsp3) is 0.348. The Morgan fingerprint density at radius 1 is 1.20 bits per heavy atom. The normalized spacial score (nSPS) is 15.8. The molecule has 7 nitrogen and oxygen atoms in total. The zero-order valence-corrected chi connectivity index (χ0v) is 17.0. The van der Waals surface area contributed by atoms with Crippen molar-refractivity contribution in [1.29, 1.82) is 0 Å². The molecule has 0 bridgehead atoms. The van der Waals surface area contributed by atoms with Gasteiger partial charge in [-0.15, -0.1) is 0 Å². The maximum atomic E-state index is 11.4. The number of hydrogen-bond acceptors (Lipinski definition) is 6. The minimum Gasteiger partial charge on any atom is -0.448 e. The number of amides is 1. The summed E-state index contributed by atoms with van der Waals surface area (Å²) in [6.45, 7) is 3.05. The summed E-state index contributed by atoms with van der Waals surface area (Å²) < 4.78 is 5.29. The van der Waals surface area contributed by atoms with Crippen LogP contribution in [0.5, 0.6) is 0 Å². The molecule has 1 aliphatic rings. The first-order valence-electron chi connectivity index (χ1n) is 10.4. The Kier molecular flexibility index (Phi) is 6.51. The van der Waals surface area contributed by atoms with E-state index in [1.54, 1.807) is 24.6 Å². The average Bonchev–Trinajstić information content (AvgIpc) is 3.29. The van der Waals surface area contributed by atoms with Gasteiger partial charge >= 0.3 is 0 Å². The lowest BCUT2D eigenvalue weighted by Crippen LogP contribution is -2.36. The number of aromatic nitrogens is 2. The molecule has 0 saturated carbocycles. The number of oxazole rings is 1. The van der Waals surface area contributed by atoms with Crippen molar-refractivity contribution in [2.24, 2.45) is 5.73 Å². The Morgan fingerprint density at radius 2 is 2.07 bits per heavy atom. The Morgan fingerprint density at radius 3 is 2.83 bits per heavy atom. The van der Waals surface area contributed by atoms with Crippen LogP contribution in [0.1, 0.15) is 52.0 Å². The van der Waals surface area contributed by atoms with Gasteiger partial charge in [-0.1, -0.05) is 18.2 Å². The van der Waals surface area contributed by atoms with Gasteiger partial charge in [-0.05, 0) is 48.6 Å². The van der Waals surface area contributed by atoms with Crippen LogP contribution in [0.25, 0.3) is 0 Å². The molecule has 1 aliphatic carbocycles. The number of fused-ring (bicyclic) bond motifs is 1. The summed E-state index contributed by atoms with van der Waals surface area (Å²) in [6, 6.07) is 12.0. The summed E-state index contributed by atoms with van der Waals surface area (Å²) in [4.78, 5) is 22.7. The number of primary amides is 1. The van der Waals surface area contributed by atoms with Crippen molar-refractivity contribution >= 4 is 5.91 Å². The van der Waals surface area contributed by atoms with Crippen LogP contribution < -0.4 is 11.1 Å². The number of nitrogens with two attached hydrogens (primary N) is 1. The molecule has 3 aromatic rings. The standard InChI is InChI=1S/C23H27N5O2/c24-23(29)19-8-6-17(7-9-19)16-28(13-11-25-15-21-26-12-14-30-21)20-5-1-3-18-4-2-10-27-22(18)20/h2,4,6-10,12,14,20,25H,1,3,5,11,13,15-16H2,(H2,24,29). The maximum Gasteiger partial charge on any atom is 0.248 e. The zero-order chi connectivity index (χ0) is 20.8. The molecule has 2 aromatic heterocycles. The van der Waals surface area contributed by atoms with E-state index in [-0.39, 0.29) is 6.04 Å². The first-order valence-corrected chi connectivity index (χ1v) is 10.4. The van der Waals surface area contributed by atoms with E-state index in [2.05, 4.69) is 21.3 Å². The van der Waals surface area contributed by atoms with Crippen molar-refractivity contribution in [2.45, 2.75) is 38.4 Å². The van der Waals surface area contributed by atoms with E-state index in [0.717, 1.165) is 44.5 Å². The lowest BCUT2D eigenvalue weighted by molar-refractivity contribution is 0.1000. The number of nitrogens with zero attached hydrogens (tertiary/aromatic N) is 3. The van der Waals surface area contributed by atoms with Crippen LogP contribution >= 0.6 is 0 Å². The summed E-state index contributed by atoms with van der Waals surface area (Å²) in [5.74, 6) is 0.285. The van der Waals surface area contributed by atoms with E-state index in [4.69, 9.17) is 15.1 Å². The fourth-order valence-electron chi connectivity index (χ4n) is 4.05. The van der Waals surface area contributed by atoms with Gasteiger partial charge in [-0.3, -0.25) is 14.7 Å². The summed E-state index contributed by atoms with van der Waals surface area (Å²) >= 11 is 0. The molecule has 0 saturated heterocycles. The molecular formula is C23H27N5O2. The van der Waals surface area contributed by atoms with Crippen molar-refractivity contribution in [1.82, 2.24) is 20.2 Å². The van der Waals surface area contributed by atoms with Crippen LogP contribution in [-0.2, 0) is 19.5 Å². The molecule has 0 radical (unpaired) electrons. The van der Waals surface area contributed by atoms with Crippen LogP contribution in [0.15, 0.2) is 59.5 Å². The van der Waals surface area contributed by atoms with Gasteiger partial charge in [0, 0.05) is 31.4 Å². The number of rotatable bonds is 9. The van der Waals surface area contributed by atoms with Crippen molar-refractivity contribution in [3.63, 3.8) is 0 Å². The molecule has 1 atom stereocenters. The fourth-order valence-corrected chi connectivity index (χ4v) is 4.05. The number of carbonyl (C=O) groups is 1. The summed E-state index contributed by atoms with van der Waals surface area (Å²) in [6.07, 6.45) is 8.46. The number of benzene rings is 1.